The minimum atomic E-state index is -0.913. The molecule has 2 aliphatic rings. The van der Waals surface area contributed by atoms with Crippen LogP contribution in [0.5, 0.6) is 0 Å². The van der Waals surface area contributed by atoms with Crippen molar-refractivity contribution < 1.29 is 14.4 Å². The van der Waals surface area contributed by atoms with Crippen LogP contribution in [0.25, 0.3) is 27.0 Å². The third kappa shape index (κ3) is 4.45. The Balaban J connectivity index is 1.18. The molecule has 0 bridgehead atoms. The van der Waals surface area contributed by atoms with E-state index in [-0.39, 0.29) is 6.10 Å². The molecule has 190 valence electrons. The van der Waals surface area contributed by atoms with E-state index in [2.05, 4.69) is 10.0 Å². The van der Waals surface area contributed by atoms with E-state index < -0.39 is 5.60 Å². The van der Waals surface area contributed by atoms with Crippen molar-refractivity contribution in [2.45, 2.75) is 62.8 Å². The molecular weight excluding hydrogens is 509 g/mol. The molecule has 1 N–H and O–H groups in total. The summed E-state index contributed by atoms with van der Waals surface area (Å²) in [5, 5.41) is 17.9. The molecular formula is C29H27Cl2N3O3. The molecule has 37 heavy (non-hydrogen) atoms. The molecule has 0 unspecified atom stereocenters. The van der Waals surface area contributed by atoms with Crippen LogP contribution in [0.4, 0.5) is 5.69 Å². The second kappa shape index (κ2) is 9.49. The van der Waals surface area contributed by atoms with Gasteiger partial charge in [-0.2, -0.15) is 0 Å². The minimum Gasteiger partial charge on any atom is -0.385 e. The maximum Gasteiger partial charge on any atom is 0.212 e. The van der Waals surface area contributed by atoms with E-state index in [1.54, 1.807) is 12.1 Å². The molecule has 2 fully saturated rings. The van der Waals surface area contributed by atoms with Crippen molar-refractivity contribution in [3.05, 3.63) is 80.9 Å². The molecule has 6 rings (SSSR count). The predicted molar refractivity (Wildman–Crippen MR) is 144 cm³/mol. The first-order valence-corrected chi connectivity index (χ1v) is 13.4. The first-order valence-electron chi connectivity index (χ1n) is 12.6. The van der Waals surface area contributed by atoms with Gasteiger partial charge in [0.2, 0.25) is 5.69 Å². The van der Waals surface area contributed by atoms with E-state index in [0.717, 1.165) is 53.5 Å². The Kier molecular flexibility index (Phi) is 6.29. The molecule has 6 nitrogen and oxygen atoms in total. The van der Waals surface area contributed by atoms with Gasteiger partial charge in [-0.3, -0.25) is 0 Å². The Morgan fingerprint density at radius 2 is 1.89 bits per heavy atom. The standard InChI is InChI=1S/C29H27Cl2N3O3/c1-32-24-15-34(2)25-14-18(8-9-20(24)25)29(35)12-10-19(11-13-29)36-16-21-27(33-37-28(21)17-6-7-17)26-22(30)4-3-5-23(26)31/h3-5,8-9,14-15,17,19,35H,6-7,10-13,16H2,2H3. The van der Waals surface area contributed by atoms with Crippen molar-refractivity contribution in [2.75, 3.05) is 0 Å². The summed E-state index contributed by atoms with van der Waals surface area (Å²) in [5.41, 5.74) is 3.81. The van der Waals surface area contributed by atoms with Crippen LogP contribution in [0.3, 0.4) is 0 Å². The van der Waals surface area contributed by atoms with Crippen molar-refractivity contribution >= 4 is 39.8 Å². The van der Waals surface area contributed by atoms with Gasteiger partial charge in [-0.15, -0.1) is 0 Å². The summed E-state index contributed by atoms with van der Waals surface area (Å²) < 4.78 is 14.1. The first kappa shape index (κ1) is 24.5. The van der Waals surface area contributed by atoms with Gasteiger partial charge in [0.25, 0.3) is 0 Å². The summed E-state index contributed by atoms with van der Waals surface area (Å²) in [6, 6.07) is 11.3. The van der Waals surface area contributed by atoms with Gasteiger partial charge in [-0.05, 0) is 62.3 Å². The highest BCUT2D eigenvalue weighted by Crippen LogP contribution is 2.47. The highest BCUT2D eigenvalue weighted by Gasteiger charge is 2.37. The van der Waals surface area contributed by atoms with Crippen LogP contribution in [0.15, 0.2) is 47.1 Å². The van der Waals surface area contributed by atoms with Crippen molar-refractivity contribution in [3.63, 3.8) is 0 Å². The zero-order valence-corrected chi connectivity index (χ0v) is 22.0. The highest BCUT2D eigenvalue weighted by atomic mass is 35.5. The van der Waals surface area contributed by atoms with Crippen molar-refractivity contribution in [1.29, 1.82) is 0 Å². The largest absolute Gasteiger partial charge is 0.385 e. The fourth-order valence-electron chi connectivity index (χ4n) is 5.51. The van der Waals surface area contributed by atoms with E-state index in [1.165, 1.54) is 0 Å². The Morgan fingerprint density at radius 1 is 1.16 bits per heavy atom. The molecule has 8 heteroatoms. The van der Waals surface area contributed by atoms with E-state index in [0.29, 0.717) is 52.4 Å². The molecule has 0 saturated heterocycles. The monoisotopic (exact) mass is 535 g/mol. The van der Waals surface area contributed by atoms with Crippen molar-refractivity contribution in [2.24, 2.45) is 7.05 Å². The average molecular weight is 536 g/mol. The van der Waals surface area contributed by atoms with Crippen molar-refractivity contribution in [3.8, 4) is 11.3 Å². The lowest BCUT2D eigenvalue weighted by atomic mass is 9.78. The number of halogens is 2. The number of rotatable bonds is 6. The molecule has 2 aromatic heterocycles. The topological polar surface area (TPSA) is 64.8 Å². The Bertz CT molecular complexity index is 1500. The highest BCUT2D eigenvalue weighted by molar-refractivity contribution is 6.39. The van der Waals surface area contributed by atoms with Gasteiger partial charge in [0.15, 0.2) is 0 Å². The van der Waals surface area contributed by atoms with Gasteiger partial charge in [0.1, 0.15) is 11.5 Å². The van der Waals surface area contributed by atoms with Gasteiger partial charge >= 0.3 is 0 Å². The third-order valence-corrected chi connectivity index (χ3v) is 8.45. The number of aryl methyl sites for hydroxylation is 1. The summed E-state index contributed by atoms with van der Waals surface area (Å²) >= 11 is 13.0. The summed E-state index contributed by atoms with van der Waals surface area (Å²) in [6.45, 7) is 7.75. The molecule has 2 aromatic carbocycles. The lowest BCUT2D eigenvalue weighted by Crippen LogP contribution is -2.34. The second-order valence-corrected chi connectivity index (χ2v) is 11.1. The Morgan fingerprint density at radius 3 is 2.57 bits per heavy atom. The summed E-state index contributed by atoms with van der Waals surface area (Å²) in [5.74, 6) is 1.24. The number of hydrogen-bond donors (Lipinski definition) is 1. The number of benzene rings is 2. The zero-order chi connectivity index (χ0) is 25.7. The molecule has 4 aromatic rings. The van der Waals surface area contributed by atoms with Crippen LogP contribution >= 0.6 is 23.2 Å². The first-order chi connectivity index (χ1) is 17.9. The summed E-state index contributed by atoms with van der Waals surface area (Å²) in [4.78, 5) is 3.61. The lowest BCUT2D eigenvalue weighted by Gasteiger charge is -2.36. The van der Waals surface area contributed by atoms with Gasteiger partial charge in [-0.1, -0.05) is 46.6 Å². The Labute approximate surface area is 225 Å². The smallest absolute Gasteiger partial charge is 0.212 e. The average Bonchev–Trinajstić information content (AvgIpc) is 3.58. The lowest BCUT2D eigenvalue weighted by molar-refractivity contribution is -0.0640. The maximum atomic E-state index is 11.5. The molecule has 0 atom stereocenters. The van der Waals surface area contributed by atoms with E-state index in [1.807, 2.05) is 42.1 Å². The van der Waals surface area contributed by atoms with Crippen LogP contribution in [0, 0.1) is 6.57 Å². The van der Waals surface area contributed by atoms with E-state index >= 15 is 0 Å². The zero-order valence-electron chi connectivity index (χ0n) is 20.5. The minimum absolute atomic E-state index is 0.0179. The van der Waals surface area contributed by atoms with Gasteiger partial charge in [0, 0.05) is 41.2 Å². The van der Waals surface area contributed by atoms with Crippen LogP contribution in [0.1, 0.15) is 61.3 Å². The molecule has 2 aliphatic carbocycles. The number of aliphatic hydroxyl groups is 1. The van der Waals surface area contributed by atoms with Gasteiger partial charge < -0.3 is 18.9 Å². The van der Waals surface area contributed by atoms with Crippen LogP contribution in [0.2, 0.25) is 10.0 Å². The normalized spacial score (nSPS) is 21.9. The SMILES string of the molecule is [C-]#[N+]c1cn(C)c2cc(C3(O)CCC(OCc4c(-c5c(Cl)cccc5Cl)noc4C4CC4)CC3)ccc12. The fourth-order valence-corrected chi connectivity index (χ4v) is 6.09. The number of ether oxygens (including phenoxy) is 1. The van der Waals surface area contributed by atoms with Crippen molar-refractivity contribution in [1.82, 2.24) is 9.72 Å². The maximum absolute atomic E-state index is 11.5. The fraction of sp³-hybridized carbons (Fsp3) is 0.379. The van der Waals surface area contributed by atoms with Gasteiger partial charge in [0.05, 0.1) is 34.9 Å². The molecule has 0 aliphatic heterocycles. The number of nitrogens with zero attached hydrogens (tertiary/aromatic N) is 3. The number of hydrogen-bond acceptors (Lipinski definition) is 4. The van der Waals surface area contributed by atoms with Crippen LogP contribution in [-0.4, -0.2) is 20.9 Å². The molecule has 0 spiro atoms. The van der Waals surface area contributed by atoms with Crippen LogP contribution in [-0.2, 0) is 24.0 Å². The van der Waals surface area contributed by atoms with E-state index in [4.69, 9.17) is 39.0 Å². The number of fused-ring (bicyclic) bond motifs is 1. The predicted octanol–water partition coefficient (Wildman–Crippen LogP) is 7.92. The number of aromatic nitrogens is 2. The van der Waals surface area contributed by atoms with Gasteiger partial charge in [-0.25, -0.2) is 4.85 Å². The summed E-state index contributed by atoms with van der Waals surface area (Å²) in [6.07, 6.45) is 6.69. The Hall–Kier alpha value is -2.82. The molecule has 0 amide bonds. The molecule has 2 saturated carbocycles. The molecule has 0 radical (unpaired) electrons. The summed E-state index contributed by atoms with van der Waals surface area (Å²) in [7, 11) is 1.93. The van der Waals surface area contributed by atoms with E-state index in [9.17, 15) is 5.11 Å². The quantitative estimate of drug-likeness (QED) is 0.254. The third-order valence-electron chi connectivity index (χ3n) is 7.82. The second-order valence-electron chi connectivity index (χ2n) is 10.3. The molecule has 2 heterocycles. The van der Waals surface area contributed by atoms with Crippen LogP contribution < -0.4 is 0 Å².